The smallest absolute Gasteiger partial charge is 0.370 e. The van der Waals surface area contributed by atoms with Crippen molar-refractivity contribution in [3.8, 4) is 5.75 Å². The summed E-state index contributed by atoms with van der Waals surface area (Å²) in [4.78, 5) is 21.5. The topological polar surface area (TPSA) is 103 Å². The van der Waals surface area contributed by atoms with Crippen molar-refractivity contribution in [1.29, 1.82) is 0 Å². The lowest BCUT2D eigenvalue weighted by atomic mass is 10.2. The summed E-state index contributed by atoms with van der Waals surface area (Å²) in [6.45, 7) is 1.76. The zero-order valence-corrected chi connectivity index (χ0v) is 11.5. The average Bonchev–Trinajstić information content (AvgIpc) is 2.44. The van der Waals surface area contributed by atoms with Gasteiger partial charge in [-0.3, -0.25) is 15.5 Å². The predicted octanol–water partition coefficient (Wildman–Crippen LogP) is 2.13. The van der Waals surface area contributed by atoms with E-state index < -0.39 is 16.1 Å². The molecule has 0 aliphatic rings. The van der Waals surface area contributed by atoms with Gasteiger partial charge in [0.15, 0.2) is 0 Å². The van der Waals surface area contributed by atoms with E-state index in [1.807, 2.05) is 0 Å². The van der Waals surface area contributed by atoms with Gasteiger partial charge in [0.25, 0.3) is 5.69 Å². The van der Waals surface area contributed by atoms with Gasteiger partial charge in [0, 0.05) is 0 Å². The number of nitrogens with one attached hydrogen (secondary N) is 1. The van der Waals surface area contributed by atoms with Crippen LogP contribution in [0.15, 0.2) is 23.3 Å². The standard InChI is InChI=1S/C11H12ClN3O5/c1-3-20-11(16)10(12)14-13-8-5-4-7(19-2)6-9(8)15(17)18/h4-6,13H,3H2,1-2H3/b14-10-. The van der Waals surface area contributed by atoms with Gasteiger partial charge in [0.2, 0.25) is 5.17 Å². The van der Waals surface area contributed by atoms with Crippen LogP contribution in [0.1, 0.15) is 6.92 Å². The summed E-state index contributed by atoms with van der Waals surface area (Å²) in [5.41, 5.74) is 2.15. The Morgan fingerprint density at radius 3 is 2.80 bits per heavy atom. The molecule has 1 rings (SSSR count). The monoisotopic (exact) mass is 301 g/mol. The molecule has 8 nitrogen and oxygen atoms in total. The van der Waals surface area contributed by atoms with Crippen molar-refractivity contribution in [1.82, 2.24) is 0 Å². The van der Waals surface area contributed by atoms with Crippen LogP contribution >= 0.6 is 11.6 Å². The quantitative estimate of drug-likeness (QED) is 0.373. The first kappa shape index (κ1) is 15.7. The molecular weight excluding hydrogens is 290 g/mol. The van der Waals surface area contributed by atoms with E-state index in [1.165, 1.54) is 25.3 Å². The highest BCUT2D eigenvalue weighted by atomic mass is 35.5. The summed E-state index contributed by atoms with van der Waals surface area (Å²) in [5, 5.41) is 14.0. The van der Waals surface area contributed by atoms with E-state index in [1.54, 1.807) is 6.92 Å². The molecule has 20 heavy (non-hydrogen) atoms. The first-order valence-corrected chi connectivity index (χ1v) is 5.86. The molecule has 0 saturated heterocycles. The molecule has 0 saturated carbocycles. The molecule has 0 aliphatic carbocycles. The maximum atomic E-state index is 11.2. The number of nitro groups is 1. The van der Waals surface area contributed by atoms with Crippen molar-refractivity contribution in [3.05, 3.63) is 28.3 Å². The van der Waals surface area contributed by atoms with Crippen LogP contribution < -0.4 is 10.2 Å². The fraction of sp³-hybridized carbons (Fsp3) is 0.273. The molecule has 9 heteroatoms. The fourth-order valence-corrected chi connectivity index (χ4v) is 1.33. The number of nitro benzene ring substituents is 1. The van der Waals surface area contributed by atoms with E-state index in [0.29, 0.717) is 5.75 Å². The minimum absolute atomic E-state index is 0.0678. The summed E-state index contributed by atoms with van der Waals surface area (Å²) in [6, 6.07) is 4.11. The Balaban J connectivity index is 2.95. The molecule has 0 fully saturated rings. The minimum atomic E-state index is -0.821. The Hall–Kier alpha value is -2.35. The number of hydrazone groups is 1. The number of benzene rings is 1. The molecule has 0 amide bonds. The number of hydrogen-bond acceptors (Lipinski definition) is 7. The molecule has 1 aromatic carbocycles. The number of rotatable bonds is 6. The van der Waals surface area contributed by atoms with Crippen LogP contribution in [0.3, 0.4) is 0 Å². The molecule has 0 aliphatic heterocycles. The zero-order valence-electron chi connectivity index (χ0n) is 10.8. The molecule has 0 bridgehead atoms. The molecule has 0 atom stereocenters. The number of ether oxygens (including phenoxy) is 2. The second kappa shape index (κ2) is 7.29. The van der Waals surface area contributed by atoms with Crippen molar-refractivity contribution in [2.45, 2.75) is 6.92 Å². The SMILES string of the molecule is CCOC(=O)/C(Cl)=N/Nc1ccc(OC)cc1[N+](=O)[O-]. The number of halogens is 1. The first-order valence-electron chi connectivity index (χ1n) is 5.48. The molecule has 0 radical (unpaired) electrons. The van der Waals surface area contributed by atoms with Gasteiger partial charge in [-0.15, -0.1) is 0 Å². The van der Waals surface area contributed by atoms with Crippen molar-refractivity contribution < 1.29 is 19.2 Å². The van der Waals surface area contributed by atoms with Crippen LogP contribution in [0.4, 0.5) is 11.4 Å². The van der Waals surface area contributed by atoms with Gasteiger partial charge in [-0.05, 0) is 19.1 Å². The van der Waals surface area contributed by atoms with E-state index in [4.69, 9.17) is 16.3 Å². The Bertz CT molecular complexity index is 547. The van der Waals surface area contributed by atoms with Gasteiger partial charge in [0.1, 0.15) is 11.4 Å². The van der Waals surface area contributed by atoms with Crippen LogP contribution in [0.25, 0.3) is 0 Å². The van der Waals surface area contributed by atoms with Gasteiger partial charge in [0.05, 0.1) is 24.7 Å². The van der Waals surface area contributed by atoms with Crippen LogP contribution in [-0.4, -0.2) is 29.8 Å². The van der Waals surface area contributed by atoms with Gasteiger partial charge < -0.3 is 9.47 Å². The largest absolute Gasteiger partial charge is 0.496 e. The lowest BCUT2D eigenvalue weighted by Crippen LogP contribution is -2.13. The zero-order chi connectivity index (χ0) is 15.1. The first-order chi connectivity index (χ1) is 9.49. The molecule has 0 aromatic heterocycles. The molecule has 0 spiro atoms. The number of carbonyl (C=O) groups excluding carboxylic acids is 1. The lowest BCUT2D eigenvalue weighted by Gasteiger charge is -2.05. The lowest BCUT2D eigenvalue weighted by molar-refractivity contribution is -0.384. The Morgan fingerprint density at radius 1 is 1.55 bits per heavy atom. The Morgan fingerprint density at radius 2 is 2.25 bits per heavy atom. The number of carbonyl (C=O) groups is 1. The molecule has 0 heterocycles. The van der Waals surface area contributed by atoms with Gasteiger partial charge in [-0.2, -0.15) is 5.10 Å². The third-order valence-electron chi connectivity index (χ3n) is 2.12. The van der Waals surface area contributed by atoms with Crippen molar-refractivity contribution in [2.75, 3.05) is 19.1 Å². The van der Waals surface area contributed by atoms with Crippen molar-refractivity contribution >= 4 is 34.1 Å². The van der Waals surface area contributed by atoms with Crippen LogP contribution in [0, 0.1) is 10.1 Å². The number of methoxy groups -OCH3 is 1. The Labute approximate surface area is 119 Å². The van der Waals surface area contributed by atoms with Gasteiger partial charge in [-0.25, -0.2) is 4.79 Å². The van der Waals surface area contributed by atoms with E-state index in [0.717, 1.165) is 0 Å². The van der Waals surface area contributed by atoms with E-state index in [9.17, 15) is 14.9 Å². The number of anilines is 1. The summed E-state index contributed by atoms with van der Waals surface area (Å²) in [5.74, 6) is -0.499. The predicted molar refractivity (Wildman–Crippen MR) is 73.2 cm³/mol. The maximum absolute atomic E-state index is 11.2. The second-order valence-electron chi connectivity index (χ2n) is 3.38. The van der Waals surface area contributed by atoms with Gasteiger partial charge in [-0.1, -0.05) is 11.6 Å². The minimum Gasteiger partial charge on any atom is -0.496 e. The van der Waals surface area contributed by atoms with Crippen LogP contribution in [0.2, 0.25) is 0 Å². The Kier molecular flexibility index (Phi) is 5.73. The number of nitrogens with zero attached hydrogens (tertiary/aromatic N) is 2. The fourth-order valence-electron chi connectivity index (χ4n) is 1.23. The van der Waals surface area contributed by atoms with E-state index in [2.05, 4.69) is 15.3 Å². The van der Waals surface area contributed by atoms with Crippen LogP contribution in [0.5, 0.6) is 5.75 Å². The molecular formula is C11H12ClN3O5. The van der Waals surface area contributed by atoms with Gasteiger partial charge >= 0.3 is 5.97 Å². The number of esters is 1. The van der Waals surface area contributed by atoms with E-state index in [-0.39, 0.29) is 18.0 Å². The van der Waals surface area contributed by atoms with E-state index >= 15 is 0 Å². The summed E-state index contributed by atoms with van der Waals surface area (Å²) >= 11 is 5.57. The molecule has 1 N–H and O–H groups in total. The highest BCUT2D eigenvalue weighted by Gasteiger charge is 2.16. The van der Waals surface area contributed by atoms with Crippen molar-refractivity contribution in [3.63, 3.8) is 0 Å². The van der Waals surface area contributed by atoms with Crippen LogP contribution in [-0.2, 0) is 9.53 Å². The molecule has 1 aromatic rings. The summed E-state index contributed by atoms with van der Waals surface area (Å²) < 4.78 is 9.50. The maximum Gasteiger partial charge on any atom is 0.370 e. The molecule has 0 unspecified atom stereocenters. The van der Waals surface area contributed by atoms with Crippen molar-refractivity contribution in [2.24, 2.45) is 5.10 Å². The summed E-state index contributed by atoms with van der Waals surface area (Å²) in [7, 11) is 1.39. The average molecular weight is 302 g/mol. The highest BCUT2D eigenvalue weighted by molar-refractivity contribution is 6.82. The normalized spacial score (nSPS) is 10.8. The molecule has 108 valence electrons. The second-order valence-corrected chi connectivity index (χ2v) is 3.73. The third kappa shape index (κ3) is 4.09. The number of hydrogen-bond donors (Lipinski definition) is 1. The third-order valence-corrected chi connectivity index (χ3v) is 2.36. The summed E-state index contributed by atoms with van der Waals surface area (Å²) in [6.07, 6.45) is 0. The highest BCUT2D eigenvalue weighted by Crippen LogP contribution is 2.28.